The number of halogens is 1. The molecule has 0 N–H and O–H groups in total. The number of morpholine rings is 1. The fraction of sp³-hybridized carbons (Fsp3) is 0.381. The van der Waals surface area contributed by atoms with E-state index in [2.05, 4.69) is 4.90 Å². The topological polar surface area (TPSA) is 32.8 Å². The second-order valence-corrected chi connectivity index (χ2v) is 6.86. The number of hydrogen-bond donors (Lipinski definition) is 0. The van der Waals surface area contributed by atoms with Crippen LogP contribution < -0.4 is 4.90 Å². The predicted octanol–water partition coefficient (Wildman–Crippen LogP) is 3.64. The molecule has 136 valence electrons. The van der Waals surface area contributed by atoms with Gasteiger partial charge in [-0.1, -0.05) is 18.2 Å². The van der Waals surface area contributed by atoms with Gasteiger partial charge in [-0.3, -0.25) is 4.79 Å². The van der Waals surface area contributed by atoms with Crippen LogP contribution >= 0.6 is 0 Å². The zero-order valence-electron chi connectivity index (χ0n) is 14.7. The quantitative estimate of drug-likeness (QED) is 0.844. The van der Waals surface area contributed by atoms with Crippen molar-refractivity contribution < 1.29 is 13.9 Å². The highest BCUT2D eigenvalue weighted by molar-refractivity contribution is 5.95. The summed E-state index contributed by atoms with van der Waals surface area (Å²) in [6.07, 6.45) is 1.89. The average molecular weight is 354 g/mol. The Hall–Kier alpha value is -2.40. The third-order valence-electron chi connectivity index (χ3n) is 5.24. The van der Waals surface area contributed by atoms with E-state index in [1.54, 1.807) is 12.1 Å². The molecule has 1 atom stereocenters. The van der Waals surface area contributed by atoms with E-state index in [-0.39, 0.29) is 17.8 Å². The molecule has 2 aliphatic rings. The number of carbonyl (C=O) groups is 1. The maximum absolute atomic E-state index is 13.2. The lowest BCUT2D eigenvalue weighted by atomic mass is 10.0. The molecule has 2 aromatic rings. The highest BCUT2D eigenvalue weighted by Crippen LogP contribution is 2.33. The molecule has 0 aromatic heterocycles. The maximum atomic E-state index is 13.2. The first kappa shape index (κ1) is 17.0. The van der Waals surface area contributed by atoms with Gasteiger partial charge in [0.2, 0.25) is 0 Å². The van der Waals surface area contributed by atoms with Gasteiger partial charge in [0, 0.05) is 30.9 Å². The average Bonchev–Trinajstić information content (AvgIpc) is 3.18. The largest absolute Gasteiger partial charge is 0.378 e. The van der Waals surface area contributed by atoms with Crippen molar-refractivity contribution in [2.45, 2.75) is 18.9 Å². The molecule has 2 aliphatic heterocycles. The summed E-state index contributed by atoms with van der Waals surface area (Å²) in [6, 6.07) is 14.4. The minimum Gasteiger partial charge on any atom is -0.378 e. The van der Waals surface area contributed by atoms with Gasteiger partial charge in [-0.25, -0.2) is 4.39 Å². The first-order chi connectivity index (χ1) is 12.7. The Morgan fingerprint density at radius 3 is 2.58 bits per heavy atom. The third-order valence-corrected chi connectivity index (χ3v) is 5.24. The SMILES string of the molecule is O=C(c1cccc(N2CCOCC2)c1)N1CCCC1c1ccc(F)cc1. The van der Waals surface area contributed by atoms with E-state index in [0.717, 1.165) is 56.9 Å². The molecule has 2 aromatic carbocycles. The standard InChI is InChI=1S/C21H23FN2O2/c22-18-8-6-16(7-9-18)20-5-2-10-24(20)21(25)17-3-1-4-19(15-17)23-11-13-26-14-12-23/h1,3-4,6-9,15,20H,2,5,10-14H2. The van der Waals surface area contributed by atoms with Crippen LogP contribution in [0.3, 0.4) is 0 Å². The molecule has 0 bridgehead atoms. The van der Waals surface area contributed by atoms with Gasteiger partial charge >= 0.3 is 0 Å². The Labute approximate surface area is 153 Å². The Kier molecular flexibility index (Phi) is 4.89. The monoisotopic (exact) mass is 354 g/mol. The number of amides is 1. The molecule has 1 amide bonds. The van der Waals surface area contributed by atoms with Crippen LogP contribution in [0.5, 0.6) is 0 Å². The summed E-state index contributed by atoms with van der Waals surface area (Å²) in [6.45, 7) is 3.87. The second kappa shape index (κ2) is 7.46. The zero-order chi connectivity index (χ0) is 17.9. The molecule has 0 saturated carbocycles. The van der Waals surface area contributed by atoms with E-state index in [1.165, 1.54) is 12.1 Å². The van der Waals surface area contributed by atoms with Gasteiger partial charge in [0.1, 0.15) is 5.82 Å². The predicted molar refractivity (Wildman–Crippen MR) is 98.9 cm³/mol. The zero-order valence-corrected chi connectivity index (χ0v) is 14.7. The van der Waals surface area contributed by atoms with Crippen LogP contribution in [-0.2, 0) is 4.74 Å². The van der Waals surface area contributed by atoms with Crippen molar-refractivity contribution in [3.8, 4) is 0 Å². The van der Waals surface area contributed by atoms with Crippen LogP contribution in [0.15, 0.2) is 48.5 Å². The van der Waals surface area contributed by atoms with E-state index >= 15 is 0 Å². The fourth-order valence-corrected chi connectivity index (χ4v) is 3.86. The highest BCUT2D eigenvalue weighted by Gasteiger charge is 2.30. The molecule has 0 radical (unpaired) electrons. The van der Waals surface area contributed by atoms with Crippen LogP contribution in [0.4, 0.5) is 10.1 Å². The van der Waals surface area contributed by atoms with Crippen LogP contribution in [0, 0.1) is 5.82 Å². The molecule has 0 aliphatic carbocycles. The van der Waals surface area contributed by atoms with E-state index in [9.17, 15) is 9.18 Å². The minimum atomic E-state index is -0.247. The Morgan fingerprint density at radius 1 is 1.04 bits per heavy atom. The van der Waals surface area contributed by atoms with Crippen LogP contribution in [0.1, 0.15) is 34.8 Å². The lowest BCUT2D eigenvalue weighted by Gasteiger charge is -2.30. The summed E-state index contributed by atoms with van der Waals surface area (Å²) in [4.78, 5) is 17.3. The molecular weight excluding hydrogens is 331 g/mol. The number of carbonyl (C=O) groups excluding carboxylic acids is 1. The molecule has 2 fully saturated rings. The van der Waals surface area contributed by atoms with Crippen molar-refractivity contribution in [3.05, 3.63) is 65.5 Å². The van der Waals surface area contributed by atoms with Gasteiger partial charge in [-0.2, -0.15) is 0 Å². The van der Waals surface area contributed by atoms with Gasteiger partial charge in [0.05, 0.1) is 19.3 Å². The van der Waals surface area contributed by atoms with E-state index in [0.29, 0.717) is 5.56 Å². The molecule has 4 nitrogen and oxygen atoms in total. The van der Waals surface area contributed by atoms with E-state index in [4.69, 9.17) is 4.74 Å². The van der Waals surface area contributed by atoms with Gasteiger partial charge in [-0.05, 0) is 48.7 Å². The highest BCUT2D eigenvalue weighted by atomic mass is 19.1. The summed E-state index contributed by atoms with van der Waals surface area (Å²) >= 11 is 0. The molecule has 2 heterocycles. The Bertz CT molecular complexity index is 772. The number of hydrogen-bond acceptors (Lipinski definition) is 3. The first-order valence-corrected chi connectivity index (χ1v) is 9.21. The lowest BCUT2D eigenvalue weighted by Crippen LogP contribution is -2.36. The van der Waals surface area contributed by atoms with Crippen molar-refractivity contribution in [1.29, 1.82) is 0 Å². The van der Waals surface area contributed by atoms with Gasteiger partial charge in [0.25, 0.3) is 5.91 Å². The second-order valence-electron chi connectivity index (χ2n) is 6.86. The summed E-state index contributed by atoms with van der Waals surface area (Å²) in [5.74, 6) is -0.199. The first-order valence-electron chi connectivity index (χ1n) is 9.21. The Balaban J connectivity index is 1.55. The summed E-state index contributed by atoms with van der Waals surface area (Å²) in [5.41, 5.74) is 2.78. The molecule has 2 saturated heterocycles. The van der Waals surface area contributed by atoms with Crippen molar-refractivity contribution in [2.24, 2.45) is 0 Å². The smallest absolute Gasteiger partial charge is 0.254 e. The van der Waals surface area contributed by atoms with E-state index < -0.39 is 0 Å². The third kappa shape index (κ3) is 3.44. The summed E-state index contributed by atoms with van der Waals surface area (Å²) < 4.78 is 18.6. The van der Waals surface area contributed by atoms with Gasteiger partial charge < -0.3 is 14.5 Å². The summed E-state index contributed by atoms with van der Waals surface area (Å²) in [5, 5.41) is 0. The summed E-state index contributed by atoms with van der Waals surface area (Å²) in [7, 11) is 0. The molecule has 5 heteroatoms. The molecule has 4 rings (SSSR count). The van der Waals surface area contributed by atoms with Crippen molar-refractivity contribution in [2.75, 3.05) is 37.7 Å². The molecule has 26 heavy (non-hydrogen) atoms. The number of nitrogens with zero attached hydrogens (tertiary/aromatic N) is 2. The maximum Gasteiger partial charge on any atom is 0.254 e. The number of anilines is 1. The van der Waals surface area contributed by atoms with Crippen molar-refractivity contribution in [3.63, 3.8) is 0 Å². The normalized spacial score (nSPS) is 20.4. The Morgan fingerprint density at radius 2 is 1.81 bits per heavy atom. The molecule has 0 spiro atoms. The number of ether oxygens (including phenoxy) is 1. The van der Waals surface area contributed by atoms with Crippen LogP contribution in [-0.4, -0.2) is 43.7 Å². The number of likely N-dealkylation sites (tertiary alicyclic amines) is 1. The molecule has 1 unspecified atom stereocenters. The van der Waals surface area contributed by atoms with Crippen LogP contribution in [0.2, 0.25) is 0 Å². The van der Waals surface area contributed by atoms with E-state index in [1.807, 2.05) is 29.2 Å². The minimum absolute atomic E-state index is 0.0233. The van der Waals surface area contributed by atoms with Gasteiger partial charge in [0.15, 0.2) is 0 Å². The van der Waals surface area contributed by atoms with Crippen LogP contribution in [0.25, 0.3) is 0 Å². The van der Waals surface area contributed by atoms with Crippen molar-refractivity contribution in [1.82, 2.24) is 4.90 Å². The molecular formula is C21H23FN2O2. The van der Waals surface area contributed by atoms with Crippen molar-refractivity contribution >= 4 is 11.6 Å². The number of rotatable bonds is 3. The fourth-order valence-electron chi connectivity index (χ4n) is 3.86. The van der Waals surface area contributed by atoms with Gasteiger partial charge in [-0.15, -0.1) is 0 Å². The lowest BCUT2D eigenvalue weighted by molar-refractivity contribution is 0.0735. The number of benzene rings is 2.